The minimum atomic E-state index is 0.0483. The zero-order valence-corrected chi connectivity index (χ0v) is 38.9. The van der Waals surface area contributed by atoms with E-state index in [9.17, 15) is 0 Å². The fourth-order valence-corrected chi connectivity index (χ4v) is 8.18. The lowest BCUT2D eigenvalue weighted by Gasteiger charge is -2.47. The Bertz CT molecular complexity index is 1540. The molecule has 0 fully saturated rings. The number of nitrogens with zero attached hydrogens (tertiary/aromatic N) is 2. The van der Waals surface area contributed by atoms with Crippen LogP contribution in [0.1, 0.15) is 211 Å². The number of allylic oxidation sites excluding steroid dienone is 2. The van der Waals surface area contributed by atoms with Gasteiger partial charge in [-0.15, -0.1) is 13.2 Å². The van der Waals surface area contributed by atoms with Gasteiger partial charge >= 0.3 is 0 Å². The summed E-state index contributed by atoms with van der Waals surface area (Å²) in [6, 6.07) is 9.37. The van der Waals surface area contributed by atoms with Gasteiger partial charge in [0.25, 0.3) is 0 Å². The molecule has 314 valence electrons. The molecule has 1 aliphatic carbocycles. The summed E-state index contributed by atoms with van der Waals surface area (Å²) in [6.07, 6.45) is 27.3. The van der Waals surface area contributed by atoms with Crippen molar-refractivity contribution in [3.63, 3.8) is 0 Å². The van der Waals surface area contributed by atoms with Gasteiger partial charge < -0.3 is 4.74 Å². The summed E-state index contributed by atoms with van der Waals surface area (Å²) >= 11 is 0. The second-order valence-electron chi connectivity index (χ2n) is 20.1. The summed E-state index contributed by atoms with van der Waals surface area (Å²) < 4.78 is 5.71. The first-order valence-electron chi connectivity index (χ1n) is 22.4. The predicted molar refractivity (Wildman–Crippen MR) is 251 cm³/mol. The van der Waals surface area contributed by atoms with Gasteiger partial charge in [-0.05, 0) is 131 Å². The highest BCUT2D eigenvalue weighted by Gasteiger charge is 2.42. The summed E-state index contributed by atoms with van der Waals surface area (Å²) in [5, 5.41) is 0. The Morgan fingerprint density at radius 1 is 0.643 bits per heavy atom. The van der Waals surface area contributed by atoms with Crippen LogP contribution < -0.4 is 4.74 Å². The molecule has 0 aliphatic heterocycles. The Morgan fingerprint density at radius 3 is 1.57 bits per heavy atom. The maximum Gasteiger partial charge on any atom is 0.123 e. The molecule has 0 bridgehead atoms. The van der Waals surface area contributed by atoms with Crippen molar-refractivity contribution in [1.29, 1.82) is 0 Å². The Morgan fingerprint density at radius 2 is 1.11 bits per heavy atom. The van der Waals surface area contributed by atoms with Crippen LogP contribution in [0, 0.1) is 12.8 Å². The summed E-state index contributed by atoms with van der Waals surface area (Å²) in [5.74, 6) is 1.66. The minimum absolute atomic E-state index is 0.0483. The van der Waals surface area contributed by atoms with E-state index < -0.39 is 0 Å². The molecule has 3 nitrogen and oxygen atoms in total. The summed E-state index contributed by atoms with van der Waals surface area (Å²) in [6.45, 7) is 37.2. The Kier molecular flexibility index (Phi) is 20.6. The third-order valence-electron chi connectivity index (χ3n) is 12.2. The topological polar surface area (TPSA) is 34.0 Å². The first-order chi connectivity index (χ1) is 26.3. The molecule has 1 unspecified atom stereocenters. The van der Waals surface area contributed by atoms with Gasteiger partial charge in [0.15, 0.2) is 0 Å². The van der Waals surface area contributed by atoms with E-state index in [1.807, 2.05) is 12.2 Å². The lowest BCUT2D eigenvalue weighted by Crippen LogP contribution is -2.40. The van der Waals surface area contributed by atoms with Crippen molar-refractivity contribution < 1.29 is 4.74 Å². The van der Waals surface area contributed by atoms with Crippen molar-refractivity contribution in [2.45, 2.75) is 201 Å². The fourth-order valence-electron chi connectivity index (χ4n) is 8.18. The molecule has 2 aromatic rings. The van der Waals surface area contributed by atoms with Gasteiger partial charge in [0.2, 0.25) is 0 Å². The molecule has 0 heterocycles. The third-order valence-corrected chi connectivity index (χ3v) is 12.2. The van der Waals surface area contributed by atoms with Crippen molar-refractivity contribution in [1.82, 2.24) is 0 Å². The second kappa shape index (κ2) is 23.5. The standard InChI is InChI=1S/C27H43N.C26H43NO/c1-8-9-10-11-12-13-14-15-16-28-20-23-18-24-25(17-21(23)2)27(6,7)22(3)19-26(24,4)5;1-9-10-11-12-13-14-15-16-17-27-20-21-18-24(28-8)23(26(5,6)7)19-22(21)25(2,3)4/h8,17-18,20,22H,1,9-16,19H2,2-7H3;9,18-20H,1,10-17H2,2-8H3. The molecular weight excluding hydrogens is 681 g/mol. The van der Waals surface area contributed by atoms with Crippen LogP contribution in [0.15, 0.2) is 59.6 Å². The molecule has 0 N–H and O–H groups in total. The second-order valence-corrected chi connectivity index (χ2v) is 20.1. The van der Waals surface area contributed by atoms with E-state index in [0.29, 0.717) is 5.92 Å². The lowest BCUT2D eigenvalue weighted by molar-refractivity contribution is 0.233. The molecule has 1 atom stereocenters. The van der Waals surface area contributed by atoms with Crippen LogP contribution in [0.5, 0.6) is 5.75 Å². The summed E-state index contributed by atoms with van der Waals surface area (Å²) in [5.41, 5.74) is 10.1. The molecule has 0 radical (unpaired) electrons. The summed E-state index contributed by atoms with van der Waals surface area (Å²) in [7, 11) is 1.76. The highest BCUT2D eigenvalue weighted by molar-refractivity contribution is 5.84. The number of hydrogen-bond donors (Lipinski definition) is 0. The number of aliphatic imine (C=N–C) groups is 2. The van der Waals surface area contributed by atoms with E-state index in [1.165, 1.54) is 117 Å². The number of hydrogen-bond acceptors (Lipinski definition) is 3. The number of benzene rings is 2. The molecule has 2 aromatic carbocycles. The lowest BCUT2D eigenvalue weighted by atomic mass is 9.58. The van der Waals surface area contributed by atoms with E-state index in [4.69, 9.17) is 14.7 Å². The zero-order valence-electron chi connectivity index (χ0n) is 38.9. The van der Waals surface area contributed by atoms with E-state index >= 15 is 0 Å². The van der Waals surface area contributed by atoms with Gasteiger partial charge in [-0.2, -0.15) is 0 Å². The first-order valence-corrected chi connectivity index (χ1v) is 22.4. The van der Waals surface area contributed by atoms with Gasteiger partial charge in [-0.1, -0.05) is 152 Å². The van der Waals surface area contributed by atoms with Crippen LogP contribution in [0.3, 0.4) is 0 Å². The number of unbranched alkanes of at least 4 members (excludes halogenated alkanes) is 12. The predicted octanol–water partition coefficient (Wildman–Crippen LogP) is 15.6. The molecule has 0 saturated heterocycles. The smallest absolute Gasteiger partial charge is 0.123 e. The molecule has 3 heteroatoms. The minimum Gasteiger partial charge on any atom is -0.496 e. The molecule has 0 spiro atoms. The van der Waals surface area contributed by atoms with E-state index in [-0.39, 0.29) is 21.7 Å². The largest absolute Gasteiger partial charge is 0.496 e. The average molecular weight is 767 g/mol. The number of rotatable bonds is 21. The molecule has 0 amide bonds. The van der Waals surface area contributed by atoms with Crippen LogP contribution in [0.25, 0.3) is 0 Å². The van der Waals surface area contributed by atoms with Crippen LogP contribution >= 0.6 is 0 Å². The molecule has 0 aromatic heterocycles. The number of aryl methyl sites for hydroxylation is 1. The molecule has 3 rings (SSSR count). The normalized spacial score (nSPS) is 16.4. The molecular formula is C53H86N2O. The SMILES string of the molecule is C=CCCCCCCCCN=Cc1cc(OC)c(C(C)(C)C)cc1C(C)(C)C.C=CCCCCCCCCN=Cc1cc2c(cc1C)C(C)(C)C(C)CC2(C)C. The summed E-state index contributed by atoms with van der Waals surface area (Å²) in [4.78, 5) is 9.50. The highest BCUT2D eigenvalue weighted by atomic mass is 16.5. The van der Waals surface area contributed by atoms with Gasteiger partial charge in [0, 0.05) is 25.5 Å². The van der Waals surface area contributed by atoms with E-state index in [0.717, 1.165) is 31.7 Å². The van der Waals surface area contributed by atoms with Gasteiger partial charge in [0.1, 0.15) is 5.75 Å². The van der Waals surface area contributed by atoms with Crippen molar-refractivity contribution in [3.8, 4) is 5.75 Å². The van der Waals surface area contributed by atoms with Crippen LogP contribution in [-0.4, -0.2) is 32.6 Å². The zero-order chi connectivity index (χ0) is 42.0. The Labute approximate surface area is 347 Å². The van der Waals surface area contributed by atoms with Gasteiger partial charge in [-0.25, -0.2) is 0 Å². The highest BCUT2D eigenvalue weighted by Crippen LogP contribution is 2.49. The molecule has 0 saturated carbocycles. The number of ether oxygens (including phenoxy) is 1. The van der Waals surface area contributed by atoms with Crippen LogP contribution in [-0.2, 0) is 21.7 Å². The van der Waals surface area contributed by atoms with E-state index in [1.54, 1.807) is 12.7 Å². The number of fused-ring (bicyclic) bond motifs is 1. The maximum absolute atomic E-state index is 5.71. The van der Waals surface area contributed by atoms with Crippen LogP contribution in [0.2, 0.25) is 0 Å². The number of methoxy groups -OCH3 is 1. The maximum atomic E-state index is 5.71. The van der Waals surface area contributed by atoms with Crippen LogP contribution in [0.4, 0.5) is 0 Å². The van der Waals surface area contributed by atoms with Crippen molar-refractivity contribution in [3.05, 3.63) is 88.5 Å². The Hall–Kier alpha value is -2.94. The van der Waals surface area contributed by atoms with Crippen molar-refractivity contribution in [2.24, 2.45) is 15.9 Å². The average Bonchev–Trinajstić information content (AvgIpc) is 3.11. The van der Waals surface area contributed by atoms with Crippen molar-refractivity contribution in [2.75, 3.05) is 20.2 Å². The monoisotopic (exact) mass is 767 g/mol. The quantitative estimate of drug-likeness (QED) is 0.0708. The van der Waals surface area contributed by atoms with Gasteiger partial charge in [-0.3, -0.25) is 9.98 Å². The Balaban J connectivity index is 0.000000387. The van der Waals surface area contributed by atoms with Crippen molar-refractivity contribution >= 4 is 12.4 Å². The molecule has 56 heavy (non-hydrogen) atoms. The van der Waals surface area contributed by atoms with Gasteiger partial charge in [0.05, 0.1) is 7.11 Å². The molecule has 1 aliphatic rings. The first kappa shape index (κ1) is 49.2. The fraction of sp³-hybridized carbons (Fsp3) is 0.660. The van der Waals surface area contributed by atoms with E-state index in [2.05, 4.69) is 133 Å². The third kappa shape index (κ3) is 15.8.